The highest BCUT2D eigenvalue weighted by atomic mass is 15.0. The fourth-order valence-corrected chi connectivity index (χ4v) is 11.2. The number of para-hydroxylation sites is 6. The lowest BCUT2D eigenvalue weighted by atomic mass is 10.0. The zero-order chi connectivity index (χ0) is 45.9. The van der Waals surface area contributed by atoms with Gasteiger partial charge in [-0.25, -0.2) is 9.97 Å². The molecule has 0 saturated carbocycles. The smallest absolute Gasteiger partial charge is 0.160 e. The van der Waals surface area contributed by atoms with E-state index in [9.17, 15) is 0 Å². The van der Waals surface area contributed by atoms with E-state index in [4.69, 9.17) is 9.97 Å². The Balaban J connectivity index is 0.959. The van der Waals surface area contributed by atoms with Crippen LogP contribution >= 0.6 is 0 Å². The van der Waals surface area contributed by atoms with Crippen LogP contribution in [0, 0.1) is 0 Å². The van der Waals surface area contributed by atoms with Crippen LogP contribution in [0.4, 0.5) is 0 Å². The molecular formula is C64H40N6. The van der Waals surface area contributed by atoms with Crippen LogP contribution in [0.2, 0.25) is 0 Å². The molecule has 0 aliphatic heterocycles. The fourth-order valence-electron chi connectivity index (χ4n) is 11.2. The van der Waals surface area contributed by atoms with E-state index in [1.165, 1.54) is 43.5 Å². The van der Waals surface area contributed by atoms with Gasteiger partial charge >= 0.3 is 0 Å². The molecule has 0 radical (unpaired) electrons. The third-order valence-corrected chi connectivity index (χ3v) is 14.4. The van der Waals surface area contributed by atoms with Crippen molar-refractivity contribution in [3.05, 3.63) is 237 Å². The average molecular weight is 893 g/mol. The van der Waals surface area contributed by atoms with Crippen LogP contribution in [0.25, 0.3) is 138 Å². The molecule has 0 atom stereocenters. The molecule has 0 unspecified atom stereocenters. The number of fused-ring (bicyclic) bond motifs is 12. The third-order valence-electron chi connectivity index (χ3n) is 14.4. The number of H-pyrrole nitrogens is 1. The maximum absolute atomic E-state index is 5.55. The van der Waals surface area contributed by atoms with E-state index < -0.39 is 0 Å². The van der Waals surface area contributed by atoms with Crippen LogP contribution in [-0.2, 0) is 0 Å². The largest absolute Gasteiger partial charge is 0.351 e. The molecule has 0 fully saturated rings. The molecular weight excluding hydrogens is 853 g/mol. The van der Waals surface area contributed by atoms with Gasteiger partial charge in [-0.2, -0.15) is 0 Å². The molecule has 5 aromatic heterocycles. The van der Waals surface area contributed by atoms with Gasteiger partial charge in [0, 0.05) is 71.4 Å². The topological polar surface area (TPSA) is 56.4 Å². The lowest BCUT2D eigenvalue weighted by molar-refractivity contribution is 1.18. The Morgan fingerprint density at radius 3 is 1.16 bits per heavy atom. The summed E-state index contributed by atoms with van der Waals surface area (Å²) >= 11 is 0. The molecule has 1 N–H and O–H groups in total. The van der Waals surface area contributed by atoms with Crippen molar-refractivity contribution in [1.29, 1.82) is 0 Å². The minimum absolute atomic E-state index is 0.675. The van der Waals surface area contributed by atoms with E-state index in [1.54, 1.807) is 0 Å². The SMILES string of the molecule is c1ccc(-n2c3ccccc3c3cc(-c4ccc5[nH]c6c(-c7ccc8c(c7)c7ccccc7n8-c7ccccc7)nc(-c7ccc8c(c7)c7ccccc7n8-c7ccccc7)nc6c5c4)ccc32)cc1. The molecule has 0 bridgehead atoms. The first-order chi connectivity index (χ1) is 34.7. The molecule has 0 saturated heterocycles. The van der Waals surface area contributed by atoms with Crippen LogP contribution in [0.5, 0.6) is 0 Å². The predicted molar refractivity (Wildman–Crippen MR) is 291 cm³/mol. The highest BCUT2D eigenvalue weighted by Gasteiger charge is 2.21. The minimum Gasteiger partial charge on any atom is -0.351 e. The number of aromatic nitrogens is 6. The monoisotopic (exact) mass is 892 g/mol. The van der Waals surface area contributed by atoms with Crippen LogP contribution < -0.4 is 0 Å². The summed E-state index contributed by atoms with van der Waals surface area (Å²) in [6.45, 7) is 0. The summed E-state index contributed by atoms with van der Waals surface area (Å²) in [6.07, 6.45) is 0. The fraction of sp³-hybridized carbons (Fsp3) is 0. The lowest BCUT2D eigenvalue weighted by Crippen LogP contribution is -1.96. The van der Waals surface area contributed by atoms with Crippen molar-refractivity contribution >= 4 is 87.4 Å². The van der Waals surface area contributed by atoms with Gasteiger partial charge in [0.05, 0.1) is 44.3 Å². The van der Waals surface area contributed by atoms with Gasteiger partial charge in [-0.15, -0.1) is 0 Å². The van der Waals surface area contributed by atoms with Crippen molar-refractivity contribution in [2.75, 3.05) is 0 Å². The lowest BCUT2D eigenvalue weighted by Gasteiger charge is -2.10. The molecule has 0 amide bonds. The normalized spacial score (nSPS) is 12.0. The zero-order valence-corrected chi connectivity index (χ0v) is 37.8. The Bertz CT molecular complexity index is 4570. The van der Waals surface area contributed by atoms with Gasteiger partial charge in [0.25, 0.3) is 0 Å². The first-order valence-corrected chi connectivity index (χ1v) is 23.8. The van der Waals surface area contributed by atoms with Crippen molar-refractivity contribution in [2.24, 2.45) is 0 Å². The Morgan fingerprint density at radius 2 is 0.657 bits per heavy atom. The van der Waals surface area contributed by atoms with Crippen molar-refractivity contribution in [2.45, 2.75) is 0 Å². The van der Waals surface area contributed by atoms with Crippen molar-refractivity contribution in [1.82, 2.24) is 28.7 Å². The van der Waals surface area contributed by atoms with Gasteiger partial charge in [0.2, 0.25) is 0 Å². The molecule has 5 heterocycles. The van der Waals surface area contributed by atoms with Gasteiger partial charge in [-0.3, -0.25) is 0 Å². The van der Waals surface area contributed by atoms with Crippen LogP contribution in [-0.4, -0.2) is 28.7 Å². The Labute approximate surface area is 401 Å². The number of aromatic amines is 1. The molecule has 70 heavy (non-hydrogen) atoms. The second kappa shape index (κ2) is 15.0. The number of nitrogens with one attached hydrogen (secondary N) is 1. The molecule has 15 rings (SSSR count). The van der Waals surface area contributed by atoms with Crippen LogP contribution in [0.1, 0.15) is 0 Å². The van der Waals surface area contributed by atoms with Gasteiger partial charge in [-0.05, 0) is 120 Å². The van der Waals surface area contributed by atoms with Gasteiger partial charge in [-0.1, -0.05) is 127 Å². The summed E-state index contributed by atoms with van der Waals surface area (Å²) < 4.78 is 7.07. The summed E-state index contributed by atoms with van der Waals surface area (Å²) in [4.78, 5) is 14.9. The highest BCUT2D eigenvalue weighted by molar-refractivity contribution is 6.15. The molecule has 6 nitrogen and oxygen atoms in total. The van der Waals surface area contributed by atoms with Gasteiger partial charge < -0.3 is 18.7 Å². The van der Waals surface area contributed by atoms with E-state index in [1.807, 2.05) is 0 Å². The molecule has 10 aromatic carbocycles. The second-order valence-corrected chi connectivity index (χ2v) is 18.3. The molecule has 6 heteroatoms. The zero-order valence-electron chi connectivity index (χ0n) is 37.8. The Hall–Kier alpha value is -9.52. The quantitative estimate of drug-likeness (QED) is 0.181. The first kappa shape index (κ1) is 38.6. The van der Waals surface area contributed by atoms with E-state index in [2.05, 4.69) is 255 Å². The summed E-state index contributed by atoms with van der Waals surface area (Å²) in [5, 5.41) is 8.20. The van der Waals surface area contributed by atoms with E-state index in [0.717, 1.165) is 88.9 Å². The van der Waals surface area contributed by atoms with Crippen molar-refractivity contribution < 1.29 is 0 Å². The highest BCUT2D eigenvalue weighted by Crippen LogP contribution is 2.41. The first-order valence-electron chi connectivity index (χ1n) is 23.8. The number of nitrogens with zero attached hydrogens (tertiary/aromatic N) is 5. The molecule has 326 valence electrons. The maximum atomic E-state index is 5.55. The minimum atomic E-state index is 0.675. The van der Waals surface area contributed by atoms with E-state index >= 15 is 0 Å². The molecule has 0 aliphatic rings. The summed E-state index contributed by atoms with van der Waals surface area (Å²) in [7, 11) is 0. The average Bonchev–Trinajstić information content (AvgIpc) is 4.17. The second-order valence-electron chi connectivity index (χ2n) is 18.3. The van der Waals surface area contributed by atoms with E-state index in [-0.39, 0.29) is 0 Å². The Kier molecular flexibility index (Phi) is 8.26. The molecule has 0 aliphatic carbocycles. The van der Waals surface area contributed by atoms with Gasteiger partial charge in [0.1, 0.15) is 5.52 Å². The van der Waals surface area contributed by atoms with Crippen LogP contribution in [0.3, 0.4) is 0 Å². The number of hydrogen-bond acceptors (Lipinski definition) is 2. The van der Waals surface area contributed by atoms with Crippen LogP contribution in [0.15, 0.2) is 237 Å². The van der Waals surface area contributed by atoms with Crippen molar-refractivity contribution in [3.8, 4) is 50.8 Å². The molecule has 0 spiro atoms. The number of hydrogen-bond donors (Lipinski definition) is 1. The third kappa shape index (κ3) is 5.74. The summed E-state index contributed by atoms with van der Waals surface area (Å²) in [5.74, 6) is 0.675. The Morgan fingerprint density at radius 1 is 0.286 bits per heavy atom. The number of benzene rings is 10. The standard InChI is InChI=1S/C64H40N6/c1-4-16-44(17-5-1)68-55-25-13-10-22-47(55)50-36-41(29-33-58(50)68)40-28-32-54-53(37-40)62-63(65-54)61(42-30-34-59-51(38-42)48-23-11-14-26-56(48)69(59)45-18-6-2-7-19-45)66-64(67-62)43-31-35-60-52(39-43)49-24-12-15-27-57(49)70(60)46-20-8-3-9-21-46/h1-39,65H. The van der Waals surface area contributed by atoms with Gasteiger partial charge in [0.15, 0.2) is 5.82 Å². The summed E-state index contributed by atoms with van der Waals surface area (Å²) in [5.41, 5.74) is 18.3. The molecule has 15 aromatic rings. The van der Waals surface area contributed by atoms with E-state index in [0.29, 0.717) is 5.82 Å². The predicted octanol–water partition coefficient (Wildman–Crippen LogP) is 16.4. The summed E-state index contributed by atoms with van der Waals surface area (Å²) in [6, 6.07) is 85.0. The number of rotatable bonds is 6. The van der Waals surface area contributed by atoms with Crippen molar-refractivity contribution in [3.63, 3.8) is 0 Å². The maximum Gasteiger partial charge on any atom is 0.160 e.